The van der Waals surface area contributed by atoms with Crippen molar-refractivity contribution in [2.75, 3.05) is 93.9 Å². The van der Waals surface area contributed by atoms with E-state index < -0.39 is 65.1 Å². The molecule has 0 spiro atoms. The fourth-order valence-corrected chi connectivity index (χ4v) is 10.3. The van der Waals surface area contributed by atoms with Crippen molar-refractivity contribution < 1.29 is 62.7 Å². The summed E-state index contributed by atoms with van der Waals surface area (Å²) in [4.78, 5) is 120. The number of likely N-dealkylation sites (N-methyl/N-ethyl adjacent to an activating group) is 2. The molecule has 6 aromatic rings. The Hall–Kier alpha value is -8.78. The Bertz CT molecular complexity index is 3410. The molecule has 0 unspecified atom stereocenters. The van der Waals surface area contributed by atoms with Gasteiger partial charge in [0.15, 0.2) is 11.2 Å². The average molecular weight is 1190 g/mol. The summed E-state index contributed by atoms with van der Waals surface area (Å²) >= 11 is 0. The number of pyridine rings is 4. The lowest BCUT2D eigenvalue weighted by atomic mass is 9.85. The number of hydrogen-bond acceptors (Lipinski definition) is 19. The number of ether oxygens (including phenoxy) is 5. The normalized spacial score (nSPS) is 13.4. The second kappa shape index (κ2) is 28.4. The van der Waals surface area contributed by atoms with Gasteiger partial charge in [-0.1, -0.05) is 50.2 Å². The first-order chi connectivity index (χ1) is 41.3. The first-order valence-electron chi connectivity index (χ1n) is 28.7. The third-order valence-corrected chi connectivity index (χ3v) is 15.0. The Morgan fingerprint density at radius 3 is 1.50 bits per heavy atom. The maximum absolute atomic E-state index is 14.3. The monoisotopic (exact) mass is 1190 g/mol. The lowest BCUT2D eigenvalue weighted by Gasteiger charge is -2.29. The highest BCUT2D eigenvalue weighted by Crippen LogP contribution is 2.38. The van der Waals surface area contributed by atoms with E-state index in [0.717, 1.165) is 27.4 Å². The van der Waals surface area contributed by atoms with Gasteiger partial charge in [0, 0.05) is 84.3 Å². The largest absolute Gasteiger partial charge is 0.508 e. The molecule has 458 valence electrons. The van der Waals surface area contributed by atoms with Gasteiger partial charge < -0.3 is 74.1 Å². The standard InChI is InChI=1S/C61H74N10O15/c1-7-60(80,55(75)62-23-25-68(3)4)44-33-48-51-40(31-38-15-9-11-17-46(38)66-51)35-70(48)53(73)42(44)19-20-50(72)82-27-13-21-64-57(77)83-29-30-84-58(78)65-22-14-28-85-59(79)86-37-43-45(61(81,8-2)56(76)63-24-26-69(5)6)34-49-52-41(36-71(49)54(43)74)32-39-16-10-12-18-47(39)67-52/h9-12,15-18,31-34,80-81H,7-8,13-14,19-30,35-37H2,1-6H3,(H,62,75)(H,63,76)(H,64,77)(H,65,78)/t60-,61-/m0/s1. The van der Waals surface area contributed by atoms with Crippen LogP contribution in [0.25, 0.3) is 44.6 Å². The molecule has 0 radical (unpaired) electrons. The number of esters is 1. The van der Waals surface area contributed by atoms with E-state index in [9.17, 15) is 48.6 Å². The molecular weight excluding hydrogens is 1110 g/mol. The third-order valence-electron chi connectivity index (χ3n) is 15.0. The minimum absolute atomic E-state index is 0.0156. The fourth-order valence-electron chi connectivity index (χ4n) is 10.3. The van der Waals surface area contributed by atoms with Gasteiger partial charge >= 0.3 is 24.3 Å². The number of nitrogens with one attached hydrogen (secondary N) is 4. The second-order valence-corrected chi connectivity index (χ2v) is 21.5. The molecule has 0 aliphatic carbocycles. The van der Waals surface area contributed by atoms with Crippen LogP contribution in [0, 0.1) is 0 Å². The van der Waals surface area contributed by atoms with E-state index in [1.807, 2.05) is 98.7 Å². The van der Waals surface area contributed by atoms with E-state index >= 15 is 0 Å². The molecule has 0 bridgehead atoms. The van der Waals surface area contributed by atoms with Crippen LogP contribution in [0.15, 0.2) is 82.4 Å². The summed E-state index contributed by atoms with van der Waals surface area (Å²) in [7, 11) is 7.38. The fraction of sp³-hybridized carbons (Fsp3) is 0.443. The molecule has 2 aliphatic heterocycles. The SMILES string of the molecule is CC[C@@](O)(C(=O)NCCN(C)C)c1cc2n(c(=O)c1CCC(=O)OCCCNC(=O)OCCOC(=O)NCCCOC(=O)OCc1c([C@@](O)(CC)C(=O)NCCN(C)C)cc3n(c1=O)Cc1cc4ccccc4nc1-3)Cc1cc3ccccc3nc1-2. The van der Waals surface area contributed by atoms with Crippen molar-refractivity contribution in [2.24, 2.45) is 0 Å². The predicted octanol–water partition coefficient (Wildman–Crippen LogP) is 3.78. The number of benzene rings is 2. The van der Waals surface area contributed by atoms with E-state index in [4.69, 9.17) is 33.7 Å². The molecule has 86 heavy (non-hydrogen) atoms. The summed E-state index contributed by atoms with van der Waals surface area (Å²) in [6.45, 7) is 3.71. The van der Waals surface area contributed by atoms with Crippen molar-refractivity contribution >= 4 is 57.9 Å². The van der Waals surface area contributed by atoms with Crippen LogP contribution in [0.2, 0.25) is 0 Å². The number of amides is 4. The summed E-state index contributed by atoms with van der Waals surface area (Å²) in [6.07, 6.45) is -2.99. The van der Waals surface area contributed by atoms with Gasteiger partial charge in [-0.2, -0.15) is 0 Å². The average Bonchev–Trinajstić information content (AvgIpc) is 1.66. The molecule has 6 heterocycles. The molecule has 2 atom stereocenters. The Balaban J connectivity index is 0.740. The Kier molecular flexibility index (Phi) is 20.9. The maximum Gasteiger partial charge on any atom is 0.508 e. The van der Waals surface area contributed by atoms with Crippen LogP contribution < -0.4 is 32.4 Å². The minimum atomic E-state index is -2.18. The van der Waals surface area contributed by atoms with Crippen LogP contribution in [-0.2, 0) is 75.4 Å². The van der Waals surface area contributed by atoms with E-state index in [2.05, 4.69) is 21.3 Å². The van der Waals surface area contributed by atoms with Gasteiger partial charge in [-0.25, -0.2) is 24.4 Å². The van der Waals surface area contributed by atoms with Crippen LogP contribution >= 0.6 is 0 Å². The molecule has 0 saturated heterocycles. The number of carbonyl (C=O) groups excluding carboxylic acids is 6. The Morgan fingerprint density at radius 2 is 1.02 bits per heavy atom. The summed E-state index contributed by atoms with van der Waals surface area (Å²) in [5.41, 5.74) is -0.297. The van der Waals surface area contributed by atoms with E-state index in [0.29, 0.717) is 41.4 Å². The van der Waals surface area contributed by atoms with E-state index in [1.54, 1.807) is 30.5 Å². The number of hydrogen-bond donors (Lipinski definition) is 6. The van der Waals surface area contributed by atoms with E-state index in [1.165, 1.54) is 4.57 Å². The van der Waals surface area contributed by atoms with Gasteiger partial charge in [-0.15, -0.1) is 0 Å². The van der Waals surface area contributed by atoms with Crippen molar-refractivity contribution in [1.82, 2.24) is 50.2 Å². The van der Waals surface area contributed by atoms with Gasteiger partial charge in [0.25, 0.3) is 22.9 Å². The van der Waals surface area contributed by atoms with Crippen molar-refractivity contribution in [3.05, 3.63) is 127 Å². The van der Waals surface area contributed by atoms with Gasteiger partial charge in [0.1, 0.15) is 19.8 Å². The predicted molar refractivity (Wildman–Crippen MR) is 316 cm³/mol. The molecule has 6 N–H and O–H groups in total. The summed E-state index contributed by atoms with van der Waals surface area (Å²) in [5, 5.41) is 36.4. The number of rotatable bonds is 28. The smallest absolute Gasteiger partial charge is 0.466 e. The molecule has 2 aliphatic rings. The highest BCUT2D eigenvalue weighted by molar-refractivity contribution is 5.90. The van der Waals surface area contributed by atoms with Crippen LogP contribution in [-0.4, -0.2) is 169 Å². The summed E-state index contributed by atoms with van der Waals surface area (Å²) in [5.74, 6) is -2.04. The van der Waals surface area contributed by atoms with Crippen molar-refractivity contribution in [3.63, 3.8) is 0 Å². The van der Waals surface area contributed by atoms with Crippen molar-refractivity contribution in [1.29, 1.82) is 0 Å². The summed E-state index contributed by atoms with van der Waals surface area (Å²) in [6, 6.07) is 22.2. The minimum Gasteiger partial charge on any atom is -0.466 e. The van der Waals surface area contributed by atoms with Crippen LogP contribution in [0.3, 0.4) is 0 Å². The zero-order valence-corrected chi connectivity index (χ0v) is 49.2. The number of alkyl carbamates (subject to hydrolysis) is 2. The number of aromatic nitrogens is 4. The Labute approximate surface area is 495 Å². The number of para-hydroxylation sites is 2. The molecule has 4 aromatic heterocycles. The van der Waals surface area contributed by atoms with Gasteiger partial charge in [0.05, 0.1) is 65.7 Å². The third kappa shape index (κ3) is 14.6. The lowest BCUT2D eigenvalue weighted by Crippen LogP contribution is -2.47. The van der Waals surface area contributed by atoms with Gasteiger partial charge in [-0.3, -0.25) is 24.0 Å². The molecule has 2 aromatic carbocycles. The van der Waals surface area contributed by atoms with Gasteiger partial charge in [-0.05, 0) is 96.7 Å². The number of aliphatic hydroxyl groups is 2. The molecule has 25 heteroatoms. The van der Waals surface area contributed by atoms with Crippen molar-refractivity contribution in [2.45, 2.75) is 83.3 Å². The molecule has 25 nitrogen and oxygen atoms in total. The number of carbonyl (C=O) groups is 6. The van der Waals surface area contributed by atoms with Crippen LogP contribution in [0.4, 0.5) is 14.4 Å². The number of fused-ring (bicyclic) bond motifs is 8. The Morgan fingerprint density at radius 1 is 0.570 bits per heavy atom. The quantitative estimate of drug-likeness (QED) is 0.0231. The zero-order valence-electron chi connectivity index (χ0n) is 49.2. The van der Waals surface area contributed by atoms with Crippen molar-refractivity contribution in [3.8, 4) is 22.8 Å². The lowest BCUT2D eigenvalue weighted by molar-refractivity contribution is -0.143. The van der Waals surface area contributed by atoms with E-state index in [-0.39, 0.29) is 126 Å². The molecular formula is C61H74N10O15. The second-order valence-electron chi connectivity index (χ2n) is 21.5. The highest BCUT2D eigenvalue weighted by atomic mass is 16.7. The first-order valence-corrected chi connectivity index (χ1v) is 28.7. The molecule has 4 amide bonds. The topological polar surface area (TPSA) is 313 Å². The maximum atomic E-state index is 14.3. The summed E-state index contributed by atoms with van der Waals surface area (Å²) < 4.78 is 29.1. The van der Waals surface area contributed by atoms with Crippen LogP contribution in [0.1, 0.15) is 79.3 Å². The zero-order chi connectivity index (χ0) is 61.7. The van der Waals surface area contributed by atoms with Gasteiger partial charge in [0.2, 0.25) is 0 Å². The molecule has 0 fully saturated rings. The molecule has 0 saturated carbocycles. The van der Waals surface area contributed by atoms with Crippen LogP contribution in [0.5, 0.6) is 0 Å². The first kappa shape index (κ1) is 63.2. The highest BCUT2D eigenvalue weighted by Gasteiger charge is 2.43. The number of nitrogens with zero attached hydrogens (tertiary/aromatic N) is 6. The molecule has 8 rings (SSSR count).